The topological polar surface area (TPSA) is 63.2 Å². The molecule has 162 valence electrons. The molecule has 4 aromatic carbocycles. The molecule has 1 atom stereocenters. The minimum Gasteiger partial charge on any atom is -0.326 e. The zero-order valence-corrected chi connectivity index (χ0v) is 18.2. The van der Waals surface area contributed by atoms with Gasteiger partial charge in [0.1, 0.15) is 0 Å². The molecule has 4 heteroatoms. The first-order valence-corrected chi connectivity index (χ1v) is 10.7. The predicted octanol–water partition coefficient (Wildman–Crippen LogP) is 5.89. The van der Waals surface area contributed by atoms with Crippen molar-refractivity contribution in [3.63, 3.8) is 0 Å². The van der Waals surface area contributed by atoms with Crippen LogP contribution in [0.3, 0.4) is 0 Å². The molecule has 1 amide bonds. The van der Waals surface area contributed by atoms with Gasteiger partial charge in [0.05, 0.1) is 5.92 Å². The molecule has 0 aromatic heterocycles. The van der Waals surface area contributed by atoms with Crippen molar-refractivity contribution in [3.8, 4) is 0 Å². The van der Waals surface area contributed by atoms with Gasteiger partial charge in [0.15, 0.2) is 11.6 Å². The third kappa shape index (κ3) is 5.13. The summed E-state index contributed by atoms with van der Waals surface area (Å²) >= 11 is 0. The number of carbonyl (C=O) groups excluding carboxylic acids is 3. The summed E-state index contributed by atoms with van der Waals surface area (Å²) in [6, 6.07) is 32.1. The number of ketones is 2. The summed E-state index contributed by atoms with van der Waals surface area (Å²) in [7, 11) is 0. The van der Waals surface area contributed by atoms with Gasteiger partial charge in [-0.15, -0.1) is 0 Å². The Morgan fingerprint density at radius 1 is 0.576 bits per heavy atom. The Morgan fingerprint density at radius 3 is 1.64 bits per heavy atom. The lowest BCUT2D eigenvalue weighted by Crippen LogP contribution is -2.19. The first-order valence-electron chi connectivity index (χ1n) is 10.7. The van der Waals surface area contributed by atoms with E-state index in [-0.39, 0.29) is 17.5 Å². The first-order chi connectivity index (χ1) is 16.0. The van der Waals surface area contributed by atoms with E-state index >= 15 is 0 Å². The Kier molecular flexibility index (Phi) is 6.56. The predicted molar refractivity (Wildman–Crippen MR) is 130 cm³/mol. The van der Waals surface area contributed by atoms with Gasteiger partial charge in [-0.2, -0.15) is 0 Å². The molecule has 4 rings (SSSR count). The minimum atomic E-state index is -0.459. The highest BCUT2D eigenvalue weighted by Gasteiger charge is 2.18. The Bertz CT molecular complexity index is 1280. The van der Waals surface area contributed by atoms with E-state index in [1.807, 2.05) is 42.5 Å². The number of anilines is 1. The van der Waals surface area contributed by atoms with Gasteiger partial charge in [-0.3, -0.25) is 14.4 Å². The number of benzene rings is 4. The number of rotatable bonds is 7. The van der Waals surface area contributed by atoms with Crippen LogP contribution in [0, 0.1) is 0 Å². The van der Waals surface area contributed by atoms with Gasteiger partial charge in [-0.1, -0.05) is 78.9 Å². The van der Waals surface area contributed by atoms with Crippen molar-refractivity contribution in [1.29, 1.82) is 0 Å². The molecule has 0 radical (unpaired) electrons. The van der Waals surface area contributed by atoms with Crippen LogP contribution in [0.15, 0.2) is 109 Å². The van der Waals surface area contributed by atoms with Crippen LogP contribution >= 0.6 is 0 Å². The van der Waals surface area contributed by atoms with Crippen molar-refractivity contribution in [2.24, 2.45) is 0 Å². The summed E-state index contributed by atoms with van der Waals surface area (Å²) in [5.41, 5.74) is 3.68. The van der Waals surface area contributed by atoms with Gasteiger partial charge in [0, 0.05) is 27.9 Å². The van der Waals surface area contributed by atoms with Gasteiger partial charge in [0.25, 0.3) is 0 Å². The van der Waals surface area contributed by atoms with E-state index in [0.717, 1.165) is 5.56 Å². The highest BCUT2D eigenvalue weighted by Crippen LogP contribution is 2.21. The maximum atomic E-state index is 12.8. The number of amides is 1. The van der Waals surface area contributed by atoms with Crippen molar-refractivity contribution in [2.75, 3.05) is 5.32 Å². The standard InChI is InChI=1S/C29H23NO3/c1-20(24-13-8-14-25(19-24)28(32)22-11-6-3-7-12-22)29(33)30-26-17-15-23(16-18-26)27(31)21-9-4-2-5-10-21/h2-20H,1H3,(H,30,33). The van der Waals surface area contributed by atoms with Crippen LogP contribution in [0.1, 0.15) is 50.2 Å². The average molecular weight is 434 g/mol. The minimum absolute atomic E-state index is 0.0678. The molecule has 0 spiro atoms. The van der Waals surface area contributed by atoms with E-state index < -0.39 is 5.92 Å². The van der Waals surface area contributed by atoms with Crippen LogP contribution in [0.25, 0.3) is 0 Å². The van der Waals surface area contributed by atoms with Crippen LogP contribution in [0.4, 0.5) is 5.69 Å². The average Bonchev–Trinajstić information content (AvgIpc) is 2.89. The maximum absolute atomic E-state index is 12.8. The fraction of sp³-hybridized carbons (Fsp3) is 0.0690. The molecule has 0 heterocycles. The monoisotopic (exact) mass is 433 g/mol. The molecule has 0 saturated carbocycles. The van der Waals surface area contributed by atoms with Crippen molar-refractivity contribution >= 4 is 23.2 Å². The van der Waals surface area contributed by atoms with E-state index in [9.17, 15) is 14.4 Å². The molecule has 4 aromatic rings. The van der Waals surface area contributed by atoms with E-state index in [1.54, 1.807) is 73.7 Å². The smallest absolute Gasteiger partial charge is 0.231 e. The molecular weight excluding hydrogens is 410 g/mol. The van der Waals surface area contributed by atoms with Crippen LogP contribution in [0.5, 0.6) is 0 Å². The van der Waals surface area contributed by atoms with Gasteiger partial charge in [-0.25, -0.2) is 0 Å². The van der Waals surface area contributed by atoms with Crippen molar-refractivity contribution in [3.05, 3.63) is 137 Å². The Labute approximate surface area is 192 Å². The van der Waals surface area contributed by atoms with Gasteiger partial charge in [-0.05, 0) is 42.8 Å². The molecule has 4 nitrogen and oxygen atoms in total. The summed E-state index contributed by atoms with van der Waals surface area (Å²) in [5, 5.41) is 2.89. The number of nitrogens with one attached hydrogen (secondary N) is 1. The Hall–Kier alpha value is -4.31. The number of hydrogen-bond acceptors (Lipinski definition) is 3. The van der Waals surface area contributed by atoms with Gasteiger partial charge >= 0.3 is 0 Å². The van der Waals surface area contributed by atoms with Crippen LogP contribution in [-0.4, -0.2) is 17.5 Å². The lowest BCUT2D eigenvalue weighted by atomic mass is 9.95. The normalized spacial score (nSPS) is 11.4. The second-order valence-corrected chi connectivity index (χ2v) is 7.80. The van der Waals surface area contributed by atoms with E-state index in [0.29, 0.717) is 27.9 Å². The largest absolute Gasteiger partial charge is 0.326 e. The van der Waals surface area contributed by atoms with Gasteiger partial charge < -0.3 is 5.32 Å². The van der Waals surface area contributed by atoms with Crippen molar-refractivity contribution in [2.45, 2.75) is 12.8 Å². The zero-order chi connectivity index (χ0) is 23.2. The Morgan fingerprint density at radius 2 is 1.06 bits per heavy atom. The highest BCUT2D eigenvalue weighted by molar-refractivity contribution is 6.10. The van der Waals surface area contributed by atoms with Crippen molar-refractivity contribution in [1.82, 2.24) is 0 Å². The molecule has 0 fully saturated rings. The molecular formula is C29H23NO3. The van der Waals surface area contributed by atoms with Crippen LogP contribution < -0.4 is 5.32 Å². The molecule has 0 aliphatic rings. The van der Waals surface area contributed by atoms with Crippen molar-refractivity contribution < 1.29 is 14.4 Å². The summed E-state index contributed by atoms with van der Waals surface area (Å²) in [4.78, 5) is 38.1. The highest BCUT2D eigenvalue weighted by atomic mass is 16.2. The molecule has 0 saturated heterocycles. The lowest BCUT2D eigenvalue weighted by Gasteiger charge is -2.14. The molecule has 0 aliphatic carbocycles. The Balaban J connectivity index is 1.45. The summed E-state index contributed by atoms with van der Waals surface area (Å²) in [5.74, 6) is -0.800. The third-order valence-corrected chi connectivity index (χ3v) is 5.53. The van der Waals surface area contributed by atoms with E-state index in [4.69, 9.17) is 0 Å². The molecule has 1 unspecified atom stereocenters. The van der Waals surface area contributed by atoms with E-state index in [2.05, 4.69) is 5.32 Å². The van der Waals surface area contributed by atoms with Crippen LogP contribution in [0.2, 0.25) is 0 Å². The fourth-order valence-corrected chi connectivity index (χ4v) is 3.57. The summed E-state index contributed by atoms with van der Waals surface area (Å²) in [6.45, 7) is 1.80. The third-order valence-electron chi connectivity index (χ3n) is 5.53. The number of carbonyl (C=O) groups is 3. The molecule has 0 bridgehead atoms. The second kappa shape index (κ2) is 9.88. The zero-order valence-electron chi connectivity index (χ0n) is 18.2. The number of hydrogen-bond donors (Lipinski definition) is 1. The first kappa shape index (κ1) is 21.9. The molecule has 33 heavy (non-hydrogen) atoms. The SMILES string of the molecule is CC(C(=O)Nc1ccc(C(=O)c2ccccc2)cc1)c1cccc(C(=O)c2ccccc2)c1. The molecule has 1 N–H and O–H groups in total. The maximum Gasteiger partial charge on any atom is 0.231 e. The quantitative estimate of drug-likeness (QED) is 0.370. The van der Waals surface area contributed by atoms with Gasteiger partial charge in [0.2, 0.25) is 5.91 Å². The lowest BCUT2D eigenvalue weighted by molar-refractivity contribution is -0.117. The summed E-state index contributed by atoms with van der Waals surface area (Å²) < 4.78 is 0. The second-order valence-electron chi connectivity index (χ2n) is 7.80. The van der Waals surface area contributed by atoms with Crippen LogP contribution in [-0.2, 0) is 4.79 Å². The molecule has 0 aliphatic heterocycles. The summed E-state index contributed by atoms with van der Waals surface area (Å²) in [6.07, 6.45) is 0. The van der Waals surface area contributed by atoms with E-state index in [1.165, 1.54) is 0 Å². The fourth-order valence-electron chi connectivity index (χ4n) is 3.57.